The van der Waals surface area contributed by atoms with Gasteiger partial charge in [-0.15, -0.1) is 0 Å². The molecule has 1 aliphatic heterocycles. The number of piperidine rings is 1. The van der Waals surface area contributed by atoms with E-state index < -0.39 is 11.9 Å². The number of pyridine rings is 1. The molecule has 2 amide bonds. The molecule has 0 radical (unpaired) electrons. The van der Waals surface area contributed by atoms with Crippen LogP contribution in [0.5, 0.6) is 0 Å². The maximum atomic E-state index is 12.3. The number of carbonyl (C=O) groups excluding carboxylic acids is 2. The molecular weight excluding hydrogens is 298 g/mol. The molecule has 0 aromatic carbocycles. The molecule has 1 saturated heterocycles. The van der Waals surface area contributed by atoms with Crippen molar-refractivity contribution in [1.29, 1.82) is 0 Å². The van der Waals surface area contributed by atoms with E-state index in [2.05, 4.69) is 10.3 Å². The minimum atomic E-state index is -0.855. The molecule has 0 spiro atoms. The number of hydrogen-bond donors (Lipinski definition) is 2. The molecule has 23 heavy (non-hydrogen) atoms. The molecule has 2 rings (SSSR count). The fourth-order valence-electron chi connectivity index (χ4n) is 2.76. The molecule has 1 aliphatic rings. The quantitative estimate of drug-likeness (QED) is 0.816. The predicted octanol–water partition coefficient (Wildman–Crippen LogP) is 1.06. The summed E-state index contributed by atoms with van der Waals surface area (Å²) in [5.74, 6) is -1.42. The Bertz CT molecular complexity index is 562. The summed E-state index contributed by atoms with van der Waals surface area (Å²) in [6.45, 7) is 0.515. The molecule has 1 unspecified atom stereocenters. The highest BCUT2D eigenvalue weighted by molar-refractivity contribution is 5.94. The van der Waals surface area contributed by atoms with Crippen LogP contribution in [0.2, 0.25) is 0 Å². The van der Waals surface area contributed by atoms with Gasteiger partial charge in [-0.25, -0.2) is 0 Å². The second-order valence-corrected chi connectivity index (χ2v) is 5.57. The third-order valence-electron chi connectivity index (χ3n) is 3.94. The van der Waals surface area contributed by atoms with Gasteiger partial charge in [-0.05, 0) is 37.8 Å². The zero-order chi connectivity index (χ0) is 16.7. The van der Waals surface area contributed by atoms with E-state index in [4.69, 9.17) is 5.11 Å². The molecule has 1 atom stereocenters. The Balaban J connectivity index is 1.87. The van der Waals surface area contributed by atoms with Crippen LogP contribution in [0.3, 0.4) is 0 Å². The van der Waals surface area contributed by atoms with Gasteiger partial charge in [-0.1, -0.05) is 6.07 Å². The van der Waals surface area contributed by atoms with Crippen LogP contribution in [0.4, 0.5) is 0 Å². The lowest BCUT2D eigenvalue weighted by Crippen LogP contribution is -2.48. The number of rotatable bonds is 6. The number of likely N-dealkylation sites (tertiary alicyclic amines) is 1. The average molecular weight is 319 g/mol. The number of hydrogen-bond acceptors (Lipinski definition) is 4. The molecule has 1 aromatic heterocycles. The lowest BCUT2D eigenvalue weighted by molar-refractivity contribution is -0.139. The summed E-state index contributed by atoms with van der Waals surface area (Å²) >= 11 is 0. The van der Waals surface area contributed by atoms with Gasteiger partial charge in [0.25, 0.3) is 5.91 Å². The third-order valence-corrected chi connectivity index (χ3v) is 3.94. The minimum absolute atomic E-state index is 0.0503. The number of carboxylic acids is 1. The van der Waals surface area contributed by atoms with Crippen molar-refractivity contribution in [1.82, 2.24) is 15.2 Å². The number of carbonyl (C=O) groups is 3. The second kappa shape index (κ2) is 8.26. The van der Waals surface area contributed by atoms with Crippen LogP contribution in [-0.4, -0.2) is 51.9 Å². The van der Waals surface area contributed by atoms with Crippen molar-refractivity contribution in [3.8, 4) is 0 Å². The molecule has 7 nitrogen and oxygen atoms in total. The number of amides is 2. The van der Waals surface area contributed by atoms with Crippen molar-refractivity contribution >= 4 is 17.8 Å². The molecule has 7 heteroatoms. The molecule has 2 heterocycles. The van der Waals surface area contributed by atoms with Crippen LogP contribution in [0.25, 0.3) is 0 Å². The summed E-state index contributed by atoms with van der Waals surface area (Å²) in [6, 6.07) is 4.94. The van der Waals surface area contributed by atoms with Crippen molar-refractivity contribution in [3.05, 3.63) is 30.1 Å². The molecule has 1 aromatic rings. The van der Waals surface area contributed by atoms with Crippen molar-refractivity contribution in [2.24, 2.45) is 0 Å². The minimum Gasteiger partial charge on any atom is -0.481 e. The van der Waals surface area contributed by atoms with Gasteiger partial charge in [-0.3, -0.25) is 19.4 Å². The number of carboxylic acid groups (broad SMARTS) is 1. The summed E-state index contributed by atoms with van der Waals surface area (Å²) in [4.78, 5) is 40.6. The average Bonchev–Trinajstić information content (AvgIpc) is 2.58. The number of aliphatic carboxylic acids is 1. The highest BCUT2D eigenvalue weighted by Gasteiger charge is 2.27. The van der Waals surface area contributed by atoms with Gasteiger partial charge in [0.2, 0.25) is 5.91 Å². The topological polar surface area (TPSA) is 99.6 Å². The normalized spacial score (nSPS) is 17.6. The Morgan fingerprint density at radius 3 is 2.83 bits per heavy atom. The van der Waals surface area contributed by atoms with E-state index in [1.54, 1.807) is 23.1 Å². The first-order valence-corrected chi connectivity index (χ1v) is 7.78. The summed E-state index contributed by atoms with van der Waals surface area (Å²) in [7, 11) is 0. The van der Waals surface area contributed by atoms with Gasteiger partial charge in [0.1, 0.15) is 5.69 Å². The van der Waals surface area contributed by atoms with E-state index in [1.807, 2.05) is 0 Å². The smallest absolute Gasteiger partial charge is 0.303 e. The first kappa shape index (κ1) is 16.9. The van der Waals surface area contributed by atoms with Crippen LogP contribution < -0.4 is 5.32 Å². The lowest BCUT2D eigenvalue weighted by atomic mass is 9.98. The SMILES string of the molecule is O=C(O)CCC1CCCCN1C(=O)CNC(=O)c1ccccn1. The standard InChI is InChI=1S/C16H21N3O4/c20-14(11-18-16(23)13-6-1-3-9-17-13)19-10-4-2-5-12(19)7-8-15(21)22/h1,3,6,9,12H,2,4-5,7-8,10-11H2,(H,18,23)(H,21,22). The van der Waals surface area contributed by atoms with E-state index in [-0.39, 0.29) is 30.6 Å². The molecule has 0 saturated carbocycles. The van der Waals surface area contributed by atoms with Gasteiger partial charge < -0.3 is 15.3 Å². The Morgan fingerprint density at radius 2 is 2.13 bits per heavy atom. The van der Waals surface area contributed by atoms with Crippen LogP contribution in [-0.2, 0) is 9.59 Å². The summed E-state index contributed by atoms with van der Waals surface area (Å²) in [5, 5.41) is 11.4. The molecule has 0 aliphatic carbocycles. The summed E-state index contributed by atoms with van der Waals surface area (Å²) in [6.07, 6.45) is 4.73. The molecule has 1 fully saturated rings. The van der Waals surface area contributed by atoms with Gasteiger partial charge in [0.15, 0.2) is 0 Å². The van der Waals surface area contributed by atoms with E-state index in [1.165, 1.54) is 6.20 Å². The van der Waals surface area contributed by atoms with Gasteiger partial charge in [-0.2, -0.15) is 0 Å². The summed E-state index contributed by atoms with van der Waals surface area (Å²) in [5.41, 5.74) is 0.265. The van der Waals surface area contributed by atoms with E-state index in [9.17, 15) is 14.4 Å². The Labute approximate surface area is 134 Å². The van der Waals surface area contributed by atoms with Crippen LogP contribution in [0.1, 0.15) is 42.6 Å². The van der Waals surface area contributed by atoms with E-state index >= 15 is 0 Å². The second-order valence-electron chi connectivity index (χ2n) is 5.57. The Kier molecular flexibility index (Phi) is 6.08. The molecular formula is C16H21N3O4. The summed E-state index contributed by atoms with van der Waals surface area (Å²) < 4.78 is 0. The Hall–Kier alpha value is -2.44. The van der Waals surface area contributed by atoms with E-state index in [0.717, 1.165) is 19.3 Å². The van der Waals surface area contributed by atoms with Gasteiger partial charge in [0, 0.05) is 25.2 Å². The highest BCUT2D eigenvalue weighted by atomic mass is 16.4. The zero-order valence-corrected chi connectivity index (χ0v) is 12.9. The lowest BCUT2D eigenvalue weighted by Gasteiger charge is -2.35. The molecule has 0 bridgehead atoms. The van der Waals surface area contributed by atoms with Crippen molar-refractivity contribution in [2.75, 3.05) is 13.1 Å². The van der Waals surface area contributed by atoms with Gasteiger partial charge in [0.05, 0.1) is 6.54 Å². The van der Waals surface area contributed by atoms with Crippen molar-refractivity contribution in [3.63, 3.8) is 0 Å². The van der Waals surface area contributed by atoms with E-state index in [0.29, 0.717) is 13.0 Å². The van der Waals surface area contributed by atoms with Crippen molar-refractivity contribution < 1.29 is 19.5 Å². The maximum absolute atomic E-state index is 12.3. The monoisotopic (exact) mass is 319 g/mol. The Morgan fingerprint density at radius 1 is 1.30 bits per heavy atom. The fraction of sp³-hybridized carbons (Fsp3) is 0.500. The van der Waals surface area contributed by atoms with Crippen LogP contribution >= 0.6 is 0 Å². The first-order chi connectivity index (χ1) is 11.1. The van der Waals surface area contributed by atoms with Gasteiger partial charge >= 0.3 is 5.97 Å². The van der Waals surface area contributed by atoms with Crippen LogP contribution in [0.15, 0.2) is 24.4 Å². The fourth-order valence-corrected chi connectivity index (χ4v) is 2.76. The zero-order valence-electron chi connectivity index (χ0n) is 12.9. The number of nitrogens with one attached hydrogen (secondary N) is 1. The van der Waals surface area contributed by atoms with Crippen molar-refractivity contribution in [2.45, 2.75) is 38.1 Å². The highest BCUT2D eigenvalue weighted by Crippen LogP contribution is 2.20. The molecule has 124 valence electrons. The first-order valence-electron chi connectivity index (χ1n) is 7.78. The number of nitrogens with zero attached hydrogens (tertiary/aromatic N) is 2. The third kappa shape index (κ3) is 5.05. The predicted molar refractivity (Wildman–Crippen MR) is 82.8 cm³/mol. The largest absolute Gasteiger partial charge is 0.481 e. The maximum Gasteiger partial charge on any atom is 0.303 e. The molecule has 2 N–H and O–H groups in total. The van der Waals surface area contributed by atoms with Crippen LogP contribution in [0, 0.1) is 0 Å². The number of aromatic nitrogens is 1.